The number of hydrogen-bond donors (Lipinski definition) is 0. The van der Waals surface area contributed by atoms with Crippen LogP contribution in [0, 0.1) is 0 Å². The number of cyclic esters (lactones) is 1. The molecular formula is C14H16O5S. The van der Waals surface area contributed by atoms with Crippen molar-refractivity contribution in [2.45, 2.75) is 24.3 Å². The Hall–Kier alpha value is -1.82. The number of carbonyl (C=O) groups is 1. The van der Waals surface area contributed by atoms with Gasteiger partial charge in [0.15, 0.2) is 9.84 Å². The Balaban J connectivity index is 2.55. The van der Waals surface area contributed by atoms with Crippen LogP contribution in [0.4, 0.5) is 0 Å². The minimum absolute atomic E-state index is 0.155. The molecule has 0 amide bonds. The van der Waals surface area contributed by atoms with E-state index in [1.165, 1.54) is 19.2 Å². The predicted octanol–water partition coefficient (Wildman–Crippen LogP) is 1.78. The molecule has 1 aliphatic heterocycles. The molecular weight excluding hydrogens is 280 g/mol. The van der Waals surface area contributed by atoms with Crippen LogP contribution in [0.3, 0.4) is 0 Å². The number of rotatable bonds is 3. The first kappa shape index (κ1) is 14.6. The van der Waals surface area contributed by atoms with Gasteiger partial charge in [0.05, 0.1) is 17.6 Å². The third kappa shape index (κ3) is 2.43. The predicted molar refractivity (Wildman–Crippen MR) is 73.7 cm³/mol. The molecule has 0 atom stereocenters. The minimum atomic E-state index is -3.25. The Morgan fingerprint density at radius 1 is 1.15 bits per heavy atom. The zero-order valence-electron chi connectivity index (χ0n) is 11.8. The van der Waals surface area contributed by atoms with Gasteiger partial charge >= 0.3 is 5.97 Å². The van der Waals surface area contributed by atoms with Gasteiger partial charge in [-0.1, -0.05) is 12.1 Å². The monoisotopic (exact) mass is 296 g/mol. The third-order valence-electron chi connectivity index (χ3n) is 3.14. The van der Waals surface area contributed by atoms with Crippen LogP contribution in [0.1, 0.15) is 19.4 Å². The van der Waals surface area contributed by atoms with Crippen LogP contribution in [0.25, 0.3) is 5.57 Å². The number of hydrogen-bond acceptors (Lipinski definition) is 5. The molecule has 2 rings (SSSR count). The highest BCUT2D eigenvalue weighted by Gasteiger charge is 2.42. The normalized spacial score (nSPS) is 18.1. The van der Waals surface area contributed by atoms with E-state index < -0.39 is 21.4 Å². The smallest absolute Gasteiger partial charge is 0.374 e. The maximum atomic E-state index is 11.7. The maximum absolute atomic E-state index is 11.7. The number of sulfone groups is 1. The van der Waals surface area contributed by atoms with Crippen molar-refractivity contribution in [2.24, 2.45) is 0 Å². The minimum Gasteiger partial charge on any atom is -0.490 e. The van der Waals surface area contributed by atoms with Gasteiger partial charge in [-0.2, -0.15) is 0 Å². The van der Waals surface area contributed by atoms with E-state index in [2.05, 4.69) is 0 Å². The summed E-state index contributed by atoms with van der Waals surface area (Å²) >= 11 is 0. The Bertz CT molecular complexity index is 681. The lowest BCUT2D eigenvalue weighted by atomic mass is 9.92. The molecule has 6 heteroatoms. The van der Waals surface area contributed by atoms with Gasteiger partial charge in [-0.15, -0.1) is 0 Å². The van der Waals surface area contributed by atoms with Gasteiger partial charge in [0.1, 0.15) is 5.60 Å². The van der Waals surface area contributed by atoms with Gasteiger partial charge in [0, 0.05) is 6.26 Å². The Labute approximate surface area is 118 Å². The largest absolute Gasteiger partial charge is 0.490 e. The van der Waals surface area contributed by atoms with Crippen molar-refractivity contribution < 1.29 is 22.7 Å². The highest BCUT2D eigenvalue weighted by Crippen LogP contribution is 2.39. The van der Waals surface area contributed by atoms with E-state index in [1.807, 2.05) is 0 Å². The van der Waals surface area contributed by atoms with Crippen LogP contribution in [0.5, 0.6) is 0 Å². The van der Waals surface area contributed by atoms with Crippen LogP contribution < -0.4 is 0 Å². The highest BCUT2D eigenvalue weighted by molar-refractivity contribution is 7.90. The van der Waals surface area contributed by atoms with Gasteiger partial charge in [-0.25, -0.2) is 13.2 Å². The molecule has 0 N–H and O–H groups in total. The fourth-order valence-electron chi connectivity index (χ4n) is 2.24. The zero-order valence-corrected chi connectivity index (χ0v) is 12.6. The quantitative estimate of drug-likeness (QED) is 0.795. The molecule has 0 saturated heterocycles. The molecule has 1 aromatic carbocycles. The summed E-state index contributed by atoms with van der Waals surface area (Å²) < 4.78 is 33.3. The number of ether oxygens (including phenoxy) is 2. The molecule has 0 spiro atoms. The van der Waals surface area contributed by atoms with E-state index in [4.69, 9.17) is 9.47 Å². The lowest BCUT2D eigenvalue weighted by molar-refractivity contribution is -0.146. The van der Waals surface area contributed by atoms with Crippen molar-refractivity contribution in [3.8, 4) is 0 Å². The van der Waals surface area contributed by atoms with Crippen molar-refractivity contribution >= 4 is 21.4 Å². The summed E-state index contributed by atoms with van der Waals surface area (Å²) in [7, 11) is -1.84. The second-order valence-electron chi connectivity index (χ2n) is 5.10. The molecule has 1 aliphatic rings. The number of carbonyl (C=O) groups excluding carboxylic acids is 1. The van der Waals surface area contributed by atoms with Crippen LogP contribution in [-0.2, 0) is 24.1 Å². The Morgan fingerprint density at radius 3 is 2.15 bits per heavy atom. The molecule has 0 radical (unpaired) electrons. The van der Waals surface area contributed by atoms with Crippen LogP contribution in [0.15, 0.2) is 34.9 Å². The molecule has 1 aromatic rings. The molecule has 0 bridgehead atoms. The SMILES string of the molecule is COC1=C(c2ccc(S(C)(=O)=O)cc2)C(C)(C)OC1=O. The lowest BCUT2D eigenvalue weighted by Gasteiger charge is -2.21. The van der Waals surface area contributed by atoms with Crippen molar-refractivity contribution in [3.63, 3.8) is 0 Å². The summed E-state index contributed by atoms with van der Waals surface area (Å²) in [6.07, 6.45) is 1.15. The molecule has 1 heterocycles. The average Bonchev–Trinajstić information content (AvgIpc) is 2.57. The highest BCUT2D eigenvalue weighted by atomic mass is 32.2. The van der Waals surface area contributed by atoms with Gasteiger partial charge in [0.25, 0.3) is 0 Å². The number of esters is 1. The van der Waals surface area contributed by atoms with Crippen molar-refractivity contribution in [1.82, 2.24) is 0 Å². The first-order valence-electron chi connectivity index (χ1n) is 5.99. The van der Waals surface area contributed by atoms with E-state index in [9.17, 15) is 13.2 Å². The Kier molecular flexibility index (Phi) is 3.37. The summed E-state index contributed by atoms with van der Waals surface area (Å²) in [4.78, 5) is 12.0. The topological polar surface area (TPSA) is 69.7 Å². The first-order chi connectivity index (χ1) is 9.16. The maximum Gasteiger partial charge on any atom is 0.374 e. The van der Waals surface area contributed by atoms with Gasteiger partial charge < -0.3 is 9.47 Å². The van der Waals surface area contributed by atoms with E-state index in [-0.39, 0.29) is 10.7 Å². The molecule has 0 aliphatic carbocycles. The average molecular weight is 296 g/mol. The lowest BCUT2D eigenvalue weighted by Crippen LogP contribution is -2.22. The van der Waals surface area contributed by atoms with Gasteiger partial charge in [-0.3, -0.25) is 0 Å². The summed E-state index contributed by atoms with van der Waals surface area (Å²) in [5, 5.41) is 0. The van der Waals surface area contributed by atoms with Gasteiger partial charge in [-0.05, 0) is 31.5 Å². The fourth-order valence-corrected chi connectivity index (χ4v) is 2.87. The summed E-state index contributed by atoms with van der Waals surface area (Å²) in [5.74, 6) is -0.359. The Morgan fingerprint density at radius 2 is 1.70 bits per heavy atom. The molecule has 0 saturated carbocycles. The molecule has 0 aromatic heterocycles. The first-order valence-corrected chi connectivity index (χ1v) is 7.88. The third-order valence-corrected chi connectivity index (χ3v) is 4.27. The second kappa shape index (κ2) is 4.63. The summed E-state index contributed by atoms with van der Waals surface area (Å²) in [6.45, 7) is 3.52. The van der Waals surface area contributed by atoms with E-state index in [1.54, 1.807) is 26.0 Å². The second-order valence-corrected chi connectivity index (χ2v) is 7.12. The van der Waals surface area contributed by atoms with Crippen LogP contribution in [-0.4, -0.2) is 33.4 Å². The van der Waals surface area contributed by atoms with E-state index in [0.29, 0.717) is 11.1 Å². The number of methoxy groups -OCH3 is 1. The van der Waals surface area contributed by atoms with Crippen molar-refractivity contribution in [3.05, 3.63) is 35.6 Å². The molecule has 0 fully saturated rings. The number of benzene rings is 1. The van der Waals surface area contributed by atoms with Crippen LogP contribution in [0.2, 0.25) is 0 Å². The van der Waals surface area contributed by atoms with E-state index >= 15 is 0 Å². The summed E-state index contributed by atoms with van der Waals surface area (Å²) in [5.41, 5.74) is 0.504. The molecule has 20 heavy (non-hydrogen) atoms. The summed E-state index contributed by atoms with van der Waals surface area (Å²) in [6, 6.07) is 6.30. The molecule has 5 nitrogen and oxygen atoms in total. The van der Waals surface area contributed by atoms with Gasteiger partial charge in [0.2, 0.25) is 5.76 Å². The zero-order chi connectivity index (χ0) is 15.1. The van der Waals surface area contributed by atoms with Crippen molar-refractivity contribution in [1.29, 1.82) is 0 Å². The van der Waals surface area contributed by atoms with Crippen molar-refractivity contribution in [2.75, 3.05) is 13.4 Å². The standard InChI is InChI=1S/C14H16O5S/c1-14(2)11(12(18-3)13(15)19-14)9-5-7-10(8-6-9)20(4,16)17/h5-8H,1-4H3. The molecule has 108 valence electrons. The van der Waals surface area contributed by atoms with E-state index in [0.717, 1.165) is 6.26 Å². The molecule has 0 unspecified atom stereocenters. The van der Waals surface area contributed by atoms with Crippen LogP contribution >= 0.6 is 0 Å². The fraction of sp³-hybridized carbons (Fsp3) is 0.357.